The molecule has 0 saturated heterocycles. The standard InChI is InChI=1S/C8H10N2O/c1-2-3-8(11)7-4-9-6-10-5-7/h2,4-6,8,11H,1,3H2. The maximum atomic E-state index is 9.37. The van der Waals surface area contributed by atoms with E-state index in [-0.39, 0.29) is 0 Å². The molecule has 0 radical (unpaired) electrons. The molecule has 1 rings (SSSR count). The predicted octanol–water partition coefficient (Wildman–Crippen LogP) is 1.09. The van der Waals surface area contributed by atoms with E-state index in [0.29, 0.717) is 6.42 Å². The van der Waals surface area contributed by atoms with Gasteiger partial charge in [0.2, 0.25) is 0 Å². The zero-order valence-corrected chi connectivity index (χ0v) is 6.14. The largest absolute Gasteiger partial charge is 0.388 e. The summed E-state index contributed by atoms with van der Waals surface area (Å²) in [6.45, 7) is 3.53. The third-order valence-electron chi connectivity index (χ3n) is 1.36. The van der Waals surface area contributed by atoms with Gasteiger partial charge in [-0.15, -0.1) is 6.58 Å². The summed E-state index contributed by atoms with van der Waals surface area (Å²) >= 11 is 0. The monoisotopic (exact) mass is 150 g/mol. The molecule has 1 unspecified atom stereocenters. The van der Waals surface area contributed by atoms with E-state index in [1.165, 1.54) is 6.33 Å². The first-order valence-corrected chi connectivity index (χ1v) is 3.38. The number of aliphatic hydroxyl groups is 1. The fourth-order valence-electron chi connectivity index (χ4n) is 0.777. The highest BCUT2D eigenvalue weighted by molar-refractivity contribution is 5.07. The highest BCUT2D eigenvalue weighted by Gasteiger charge is 2.03. The number of aromatic nitrogens is 2. The van der Waals surface area contributed by atoms with Crippen LogP contribution in [0.2, 0.25) is 0 Å². The summed E-state index contributed by atoms with van der Waals surface area (Å²) < 4.78 is 0. The molecule has 1 aromatic heterocycles. The van der Waals surface area contributed by atoms with E-state index < -0.39 is 6.10 Å². The smallest absolute Gasteiger partial charge is 0.115 e. The Labute approximate surface area is 65.4 Å². The highest BCUT2D eigenvalue weighted by Crippen LogP contribution is 2.13. The number of hydrogen-bond donors (Lipinski definition) is 1. The lowest BCUT2D eigenvalue weighted by atomic mass is 10.1. The van der Waals surface area contributed by atoms with Crippen molar-refractivity contribution in [1.29, 1.82) is 0 Å². The molecule has 0 saturated carbocycles. The quantitative estimate of drug-likeness (QED) is 0.656. The third kappa shape index (κ3) is 2.13. The summed E-state index contributed by atoms with van der Waals surface area (Å²) in [5, 5.41) is 9.37. The zero-order chi connectivity index (χ0) is 8.10. The summed E-state index contributed by atoms with van der Waals surface area (Å²) in [5.41, 5.74) is 0.729. The van der Waals surface area contributed by atoms with Crippen molar-refractivity contribution in [2.24, 2.45) is 0 Å². The number of nitrogens with zero attached hydrogens (tertiary/aromatic N) is 2. The molecule has 1 heterocycles. The van der Waals surface area contributed by atoms with Crippen molar-refractivity contribution in [2.45, 2.75) is 12.5 Å². The Hall–Kier alpha value is -1.22. The number of rotatable bonds is 3. The first-order valence-electron chi connectivity index (χ1n) is 3.38. The fraction of sp³-hybridized carbons (Fsp3) is 0.250. The van der Waals surface area contributed by atoms with Crippen LogP contribution >= 0.6 is 0 Å². The topological polar surface area (TPSA) is 46.0 Å². The van der Waals surface area contributed by atoms with Crippen molar-refractivity contribution in [1.82, 2.24) is 9.97 Å². The summed E-state index contributed by atoms with van der Waals surface area (Å²) in [5.74, 6) is 0. The Kier molecular flexibility index (Phi) is 2.74. The molecule has 0 aliphatic carbocycles. The third-order valence-corrected chi connectivity index (χ3v) is 1.36. The van der Waals surface area contributed by atoms with Gasteiger partial charge in [-0.05, 0) is 6.42 Å². The van der Waals surface area contributed by atoms with Gasteiger partial charge in [-0.1, -0.05) is 6.08 Å². The van der Waals surface area contributed by atoms with Crippen LogP contribution in [-0.2, 0) is 0 Å². The molecule has 0 amide bonds. The lowest BCUT2D eigenvalue weighted by molar-refractivity contribution is 0.181. The van der Waals surface area contributed by atoms with Gasteiger partial charge in [0.25, 0.3) is 0 Å². The molecule has 1 atom stereocenters. The SMILES string of the molecule is C=CCC(O)c1cncnc1. The summed E-state index contributed by atoms with van der Waals surface area (Å²) in [4.78, 5) is 7.57. The van der Waals surface area contributed by atoms with Gasteiger partial charge in [0, 0.05) is 18.0 Å². The number of hydrogen-bond acceptors (Lipinski definition) is 3. The van der Waals surface area contributed by atoms with Gasteiger partial charge < -0.3 is 5.11 Å². The van der Waals surface area contributed by atoms with Crippen LogP contribution in [0.4, 0.5) is 0 Å². The molecular weight excluding hydrogens is 140 g/mol. The van der Waals surface area contributed by atoms with Crippen molar-refractivity contribution in [3.8, 4) is 0 Å². The van der Waals surface area contributed by atoms with Crippen LogP contribution in [0.5, 0.6) is 0 Å². The van der Waals surface area contributed by atoms with Crippen LogP contribution < -0.4 is 0 Å². The van der Waals surface area contributed by atoms with Gasteiger partial charge in [-0.2, -0.15) is 0 Å². The van der Waals surface area contributed by atoms with E-state index >= 15 is 0 Å². The molecular formula is C8H10N2O. The van der Waals surface area contributed by atoms with Crippen molar-refractivity contribution in [2.75, 3.05) is 0 Å². The molecule has 1 aromatic rings. The number of aliphatic hydroxyl groups excluding tert-OH is 1. The molecule has 0 aromatic carbocycles. The van der Waals surface area contributed by atoms with E-state index in [9.17, 15) is 5.11 Å². The molecule has 58 valence electrons. The van der Waals surface area contributed by atoms with Crippen LogP contribution in [0.3, 0.4) is 0 Å². The van der Waals surface area contributed by atoms with Crippen molar-refractivity contribution in [3.63, 3.8) is 0 Å². The molecule has 0 bridgehead atoms. The van der Waals surface area contributed by atoms with E-state index in [2.05, 4.69) is 16.5 Å². The van der Waals surface area contributed by atoms with E-state index in [1.807, 2.05) is 0 Å². The minimum absolute atomic E-state index is 0.520. The van der Waals surface area contributed by atoms with Gasteiger partial charge in [0.05, 0.1) is 6.10 Å². The van der Waals surface area contributed by atoms with E-state index in [1.54, 1.807) is 18.5 Å². The Bertz CT molecular complexity index is 223. The zero-order valence-electron chi connectivity index (χ0n) is 6.14. The van der Waals surface area contributed by atoms with Gasteiger partial charge >= 0.3 is 0 Å². The van der Waals surface area contributed by atoms with Crippen LogP contribution in [0.1, 0.15) is 18.1 Å². The first-order chi connectivity index (χ1) is 5.34. The Morgan fingerprint density at radius 1 is 1.55 bits per heavy atom. The fourth-order valence-corrected chi connectivity index (χ4v) is 0.777. The summed E-state index contributed by atoms with van der Waals surface area (Å²) in [6.07, 6.45) is 6.31. The van der Waals surface area contributed by atoms with E-state index in [0.717, 1.165) is 5.56 Å². The van der Waals surface area contributed by atoms with Crippen LogP contribution in [0, 0.1) is 0 Å². The molecule has 11 heavy (non-hydrogen) atoms. The van der Waals surface area contributed by atoms with Crippen LogP contribution in [0.15, 0.2) is 31.4 Å². The molecule has 0 aliphatic rings. The summed E-state index contributed by atoms with van der Waals surface area (Å²) in [6, 6.07) is 0. The molecule has 3 heteroatoms. The van der Waals surface area contributed by atoms with Gasteiger partial charge in [-0.25, -0.2) is 9.97 Å². The van der Waals surface area contributed by atoms with Gasteiger partial charge in [0.15, 0.2) is 0 Å². The van der Waals surface area contributed by atoms with Crippen molar-refractivity contribution in [3.05, 3.63) is 36.9 Å². The van der Waals surface area contributed by atoms with E-state index in [4.69, 9.17) is 0 Å². The molecule has 3 nitrogen and oxygen atoms in total. The summed E-state index contributed by atoms with van der Waals surface area (Å²) in [7, 11) is 0. The average Bonchev–Trinajstić information content (AvgIpc) is 2.07. The lowest BCUT2D eigenvalue weighted by Crippen LogP contribution is -1.96. The maximum absolute atomic E-state index is 9.37. The van der Waals surface area contributed by atoms with Crippen LogP contribution in [-0.4, -0.2) is 15.1 Å². The molecule has 0 fully saturated rings. The Balaban J connectivity index is 2.68. The maximum Gasteiger partial charge on any atom is 0.115 e. The minimum Gasteiger partial charge on any atom is -0.388 e. The van der Waals surface area contributed by atoms with Gasteiger partial charge in [0.1, 0.15) is 6.33 Å². The Morgan fingerprint density at radius 3 is 2.73 bits per heavy atom. The first kappa shape index (κ1) is 7.88. The normalized spacial score (nSPS) is 12.5. The van der Waals surface area contributed by atoms with Crippen molar-refractivity contribution < 1.29 is 5.11 Å². The van der Waals surface area contributed by atoms with Crippen LogP contribution in [0.25, 0.3) is 0 Å². The second-order valence-corrected chi connectivity index (χ2v) is 2.21. The molecule has 0 spiro atoms. The minimum atomic E-state index is -0.520. The van der Waals surface area contributed by atoms with Gasteiger partial charge in [-0.3, -0.25) is 0 Å². The molecule has 1 N–H and O–H groups in total. The lowest BCUT2D eigenvalue weighted by Gasteiger charge is -2.05. The Morgan fingerprint density at radius 2 is 2.18 bits per heavy atom. The second-order valence-electron chi connectivity index (χ2n) is 2.21. The second kappa shape index (κ2) is 3.83. The van der Waals surface area contributed by atoms with Crippen molar-refractivity contribution >= 4 is 0 Å². The highest BCUT2D eigenvalue weighted by atomic mass is 16.3. The predicted molar refractivity (Wildman–Crippen MR) is 41.8 cm³/mol. The molecule has 0 aliphatic heterocycles. The average molecular weight is 150 g/mol.